The summed E-state index contributed by atoms with van der Waals surface area (Å²) in [7, 11) is -4.00. The average Bonchev–Trinajstić information content (AvgIpc) is 2.34. The summed E-state index contributed by atoms with van der Waals surface area (Å²) in [6.45, 7) is 1.92. The van der Waals surface area contributed by atoms with E-state index in [2.05, 4.69) is 4.72 Å². The molecule has 0 aliphatic rings. The van der Waals surface area contributed by atoms with Crippen molar-refractivity contribution in [2.24, 2.45) is 0 Å². The summed E-state index contributed by atoms with van der Waals surface area (Å²) in [5, 5.41) is 10.4. The highest BCUT2D eigenvalue weighted by Crippen LogP contribution is 2.20. The molecule has 1 aromatic rings. The number of nitrogens with one attached hydrogen (secondary N) is 1. The predicted molar refractivity (Wildman–Crippen MR) is 67.7 cm³/mol. The van der Waals surface area contributed by atoms with Crippen molar-refractivity contribution in [1.29, 1.82) is 0 Å². The van der Waals surface area contributed by atoms with Crippen molar-refractivity contribution in [3.05, 3.63) is 46.3 Å². The van der Waals surface area contributed by atoms with Gasteiger partial charge in [-0.15, -0.1) is 0 Å². The van der Waals surface area contributed by atoms with Crippen LogP contribution < -0.4 is 4.72 Å². The summed E-state index contributed by atoms with van der Waals surface area (Å²) in [5.41, 5.74) is -0.495. The van der Waals surface area contributed by atoms with Crippen molar-refractivity contribution in [1.82, 2.24) is 4.72 Å². The maximum Gasteiger partial charge on any atom is 0.272 e. The van der Waals surface area contributed by atoms with Crippen LogP contribution in [0.4, 0.5) is 10.1 Å². The highest BCUT2D eigenvalue weighted by atomic mass is 32.2. The molecule has 1 rings (SSSR count). The minimum atomic E-state index is -4.00. The number of non-ortho nitro benzene ring substituents is 1. The van der Waals surface area contributed by atoms with E-state index in [4.69, 9.17) is 0 Å². The zero-order valence-corrected chi connectivity index (χ0v) is 11.0. The van der Waals surface area contributed by atoms with Crippen LogP contribution in [0.1, 0.15) is 13.3 Å². The molecule has 0 amide bonds. The lowest BCUT2D eigenvalue weighted by molar-refractivity contribution is -0.385. The Bertz CT molecular complexity index is 599. The molecule has 0 fully saturated rings. The molecule has 0 atom stereocenters. The van der Waals surface area contributed by atoms with E-state index in [0.29, 0.717) is 12.5 Å². The molecule has 0 heterocycles. The molecule has 1 aromatic carbocycles. The smallest absolute Gasteiger partial charge is 0.258 e. The molecule has 104 valence electrons. The number of hydrogen-bond donors (Lipinski definition) is 1. The van der Waals surface area contributed by atoms with Crippen molar-refractivity contribution >= 4 is 15.7 Å². The average molecular weight is 288 g/mol. The molecule has 0 radical (unpaired) electrons. The molecule has 0 bridgehead atoms. The molecule has 0 aliphatic carbocycles. The van der Waals surface area contributed by atoms with Crippen molar-refractivity contribution in [2.75, 3.05) is 6.54 Å². The first-order chi connectivity index (χ1) is 8.88. The molecule has 1 N–H and O–H groups in total. The molecule has 6 nitrogen and oxygen atoms in total. The Balaban J connectivity index is 2.92. The van der Waals surface area contributed by atoms with Gasteiger partial charge in [0.2, 0.25) is 10.0 Å². The summed E-state index contributed by atoms with van der Waals surface area (Å²) in [6.07, 6.45) is 4.00. The van der Waals surface area contributed by atoms with Crippen LogP contribution in [-0.2, 0) is 10.0 Å². The van der Waals surface area contributed by atoms with Crippen LogP contribution in [0, 0.1) is 15.9 Å². The number of benzene rings is 1. The number of halogens is 1. The van der Waals surface area contributed by atoms with E-state index in [1.807, 2.05) is 0 Å². The Morgan fingerprint density at radius 1 is 1.47 bits per heavy atom. The lowest BCUT2D eigenvalue weighted by Gasteiger charge is -2.06. The highest BCUT2D eigenvalue weighted by Gasteiger charge is 2.20. The van der Waals surface area contributed by atoms with E-state index < -0.39 is 31.3 Å². The fourth-order valence-corrected chi connectivity index (χ4v) is 2.45. The van der Waals surface area contributed by atoms with Gasteiger partial charge in [-0.05, 0) is 19.4 Å². The largest absolute Gasteiger partial charge is 0.272 e. The second-order valence-electron chi connectivity index (χ2n) is 3.63. The van der Waals surface area contributed by atoms with Gasteiger partial charge in [-0.3, -0.25) is 10.1 Å². The van der Waals surface area contributed by atoms with Crippen LogP contribution in [0.3, 0.4) is 0 Å². The third kappa shape index (κ3) is 4.11. The van der Waals surface area contributed by atoms with Crippen LogP contribution in [0.15, 0.2) is 35.2 Å². The summed E-state index contributed by atoms with van der Waals surface area (Å²) < 4.78 is 39.3. The summed E-state index contributed by atoms with van der Waals surface area (Å²) >= 11 is 0. The Morgan fingerprint density at radius 2 is 2.16 bits per heavy atom. The van der Waals surface area contributed by atoms with E-state index in [-0.39, 0.29) is 6.54 Å². The SMILES string of the molecule is C/C=C/CCNS(=O)(=O)c1ccc([N+](=O)[O-])cc1F. The van der Waals surface area contributed by atoms with Gasteiger partial charge in [0, 0.05) is 12.6 Å². The van der Waals surface area contributed by atoms with Gasteiger partial charge >= 0.3 is 0 Å². The van der Waals surface area contributed by atoms with Crippen LogP contribution >= 0.6 is 0 Å². The number of hydrogen-bond acceptors (Lipinski definition) is 4. The van der Waals surface area contributed by atoms with Crippen molar-refractivity contribution in [2.45, 2.75) is 18.2 Å². The third-order valence-electron chi connectivity index (χ3n) is 2.25. The number of sulfonamides is 1. The van der Waals surface area contributed by atoms with Crippen LogP contribution in [-0.4, -0.2) is 19.9 Å². The van der Waals surface area contributed by atoms with E-state index >= 15 is 0 Å². The normalized spacial score (nSPS) is 11.9. The quantitative estimate of drug-likeness (QED) is 0.375. The summed E-state index contributed by atoms with van der Waals surface area (Å²) in [4.78, 5) is 9.03. The minimum Gasteiger partial charge on any atom is -0.258 e. The topological polar surface area (TPSA) is 89.3 Å². The second kappa shape index (κ2) is 6.39. The maximum absolute atomic E-state index is 13.5. The molecule has 0 aliphatic heterocycles. The minimum absolute atomic E-state index is 0.128. The van der Waals surface area contributed by atoms with Gasteiger partial charge in [-0.25, -0.2) is 17.5 Å². The van der Waals surface area contributed by atoms with Gasteiger partial charge in [0.1, 0.15) is 10.7 Å². The van der Waals surface area contributed by atoms with Crippen molar-refractivity contribution in [3.63, 3.8) is 0 Å². The highest BCUT2D eigenvalue weighted by molar-refractivity contribution is 7.89. The molecular formula is C11H13FN2O4S. The summed E-state index contributed by atoms with van der Waals surface area (Å²) in [6, 6.07) is 2.41. The number of allylic oxidation sites excluding steroid dienone is 1. The lowest BCUT2D eigenvalue weighted by atomic mass is 10.3. The zero-order chi connectivity index (χ0) is 14.5. The van der Waals surface area contributed by atoms with Crippen molar-refractivity contribution in [3.8, 4) is 0 Å². The second-order valence-corrected chi connectivity index (χ2v) is 5.36. The van der Waals surface area contributed by atoms with Gasteiger partial charge in [-0.2, -0.15) is 0 Å². The Hall–Kier alpha value is -1.80. The zero-order valence-electron chi connectivity index (χ0n) is 10.2. The first-order valence-electron chi connectivity index (χ1n) is 5.43. The number of nitrogens with zero attached hydrogens (tertiary/aromatic N) is 1. The molecule has 8 heteroatoms. The van der Waals surface area contributed by atoms with Gasteiger partial charge in [0.05, 0.1) is 11.0 Å². The molecule has 19 heavy (non-hydrogen) atoms. The van der Waals surface area contributed by atoms with Crippen LogP contribution in [0.5, 0.6) is 0 Å². The fourth-order valence-electron chi connectivity index (χ4n) is 1.34. The van der Waals surface area contributed by atoms with E-state index in [1.165, 1.54) is 0 Å². The van der Waals surface area contributed by atoms with Gasteiger partial charge in [0.15, 0.2) is 0 Å². The fraction of sp³-hybridized carbons (Fsp3) is 0.273. The van der Waals surface area contributed by atoms with Gasteiger partial charge in [0.25, 0.3) is 5.69 Å². The molecule has 0 saturated carbocycles. The predicted octanol–water partition coefficient (Wildman–Crippen LogP) is 1.98. The van der Waals surface area contributed by atoms with Crippen LogP contribution in [0.25, 0.3) is 0 Å². The van der Waals surface area contributed by atoms with E-state index in [1.54, 1.807) is 19.1 Å². The molecule has 0 aromatic heterocycles. The monoisotopic (exact) mass is 288 g/mol. The number of nitro groups is 1. The Morgan fingerprint density at radius 3 is 2.68 bits per heavy atom. The Labute approximate surface area is 110 Å². The first kappa shape index (κ1) is 15.3. The van der Waals surface area contributed by atoms with Crippen molar-refractivity contribution < 1.29 is 17.7 Å². The summed E-state index contributed by atoms with van der Waals surface area (Å²) in [5.74, 6) is -1.15. The van der Waals surface area contributed by atoms with E-state index in [0.717, 1.165) is 12.1 Å². The lowest BCUT2D eigenvalue weighted by Crippen LogP contribution is -2.25. The first-order valence-corrected chi connectivity index (χ1v) is 6.91. The number of rotatable bonds is 6. The van der Waals surface area contributed by atoms with Gasteiger partial charge in [-0.1, -0.05) is 12.2 Å². The Kier molecular flexibility index (Phi) is 5.13. The third-order valence-corrected chi connectivity index (χ3v) is 3.75. The van der Waals surface area contributed by atoms with E-state index in [9.17, 15) is 22.9 Å². The standard InChI is InChI=1S/C11H13FN2O4S/c1-2-3-4-7-13-19(17,18)11-6-5-9(14(15)16)8-10(11)12/h2-3,5-6,8,13H,4,7H2,1H3/b3-2+. The molecule has 0 saturated heterocycles. The van der Waals surface area contributed by atoms with Gasteiger partial charge < -0.3 is 0 Å². The van der Waals surface area contributed by atoms with Crippen LogP contribution in [0.2, 0.25) is 0 Å². The maximum atomic E-state index is 13.5. The molecular weight excluding hydrogens is 275 g/mol. The molecule has 0 spiro atoms. The number of nitro benzene ring substituents is 1. The molecule has 0 unspecified atom stereocenters.